The van der Waals surface area contributed by atoms with Gasteiger partial charge in [0.1, 0.15) is 0 Å². The number of sulfone groups is 1. The SMILES string of the molecule is CC(CNC(=O)CC1CS(=O)(=O)CCN1)CN1CCCC1. The van der Waals surface area contributed by atoms with Gasteiger partial charge in [0.05, 0.1) is 11.5 Å². The minimum atomic E-state index is -2.97. The van der Waals surface area contributed by atoms with Gasteiger partial charge in [-0.3, -0.25) is 4.79 Å². The normalized spacial score (nSPS) is 27.4. The molecule has 0 aliphatic carbocycles. The second kappa shape index (κ2) is 7.56. The van der Waals surface area contributed by atoms with E-state index in [2.05, 4.69) is 22.5 Å². The summed E-state index contributed by atoms with van der Waals surface area (Å²) in [5.41, 5.74) is 0. The molecule has 2 fully saturated rings. The summed E-state index contributed by atoms with van der Waals surface area (Å²) in [5.74, 6) is 0.620. The van der Waals surface area contributed by atoms with E-state index < -0.39 is 9.84 Å². The predicted molar refractivity (Wildman–Crippen MR) is 82.9 cm³/mol. The van der Waals surface area contributed by atoms with Crippen LogP contribution < -0.4 is 10.6 Å². The first kappa shape index (κ1) is 16.7. The number of carbonyl (C=O) groups is 1. The maximum Gasteiger partial charge on any atom is 0.221 e. The molecule has 2 rings (SSSR count). The molecule has 2 N–H and O–H groups in total. The number of likely N-dealkylation sites (tertiary alicyclic amines) is 1. The number of hydrogen-bond donors (Lipinski definition) is 2. The van der Waals surface area contributed by atoms with Gasteiger partial charge in [-0.15, -0.1) is 0 Å². The molecule has 0 aromatic heterocycles. The van der Waals surface area contributed by atoms with Crippen molar-refractivity contribution in [2.24, 2.45) is 5.92 Å². The average Bonchev–Trinajstić information content (AvgIpc) is 2.88. The topological polar surface area (TPSA) is 78.5 Å². The van der Waals surface area contributed by atoms with Crippen molar-refractivity contribution in [3.8, 4) is 0 Å². The van der Waals surface area contributed by atoms with Crippen molar-refractivity contribution < 1.29 is 13.2 Å². The van der Waals surface area contributed by atoms with Crippen LogP contribution in [0.25, 0.3) is 0 Å². The Balaban J connectivity index is 1.64. The Kier molecular flexibility index (Phi) is 6.01. The number of rotatable bonds is 6. The Morgan fingerprint density at radius 2 is 2.10 bits per heavy atom. The molecule has 0 aromatic rings. The van der Waals surface area contributed by atoms with Crippen molar-refractivity contribution in [2.75, 3.05) is 44.2 Å². The van der Waals surface area contributed by atoms with Gasteiger partial charge < -0.3 is 15.5 Å². The smallest absolute Gasteiger partial charge is 0.221 e. The van der Waals surface area contributed by atoms with Crippen molar-refractivity contribution in [2.45, 2.75) is 32.2 Å². The summed E-state index contributed by atoms with van der Waals surface area (Å²) in [7, 11) is -2.97. The van der Waals surface area contributed by atoms with Crippen LogP contribution >= 0.6 is 0 Å². The maximum atomic E-state index is 11.9. The van der Waals surface area contributed by atoms with Gasteiger partial charge in [-0.05, 0) is 31.8 Å². The molecule has 2 aliphatic rings. The van der Waals surface area contributed by atoms with Gasteiger partial charge in [0.25, 0.3) is 0 Å². The summed E-state index contributed by atoms with van der Waals surface area (Å²) in [6.45, 7) is 6.61. The van der Waals surface area contributed by atoms with E-state index in [0.717, 1.165) is 6.54 Å². The fourth-order valence-corrected chi connectivity index (χ4v) is 4.50. The predicted octanol–water partition coefficient (Wildman–Crippen LogP) is -0.389. The molecule has 0 bridgehead atoms. The van der Waals surface area contributed by atoms with E-state index in [4.69, 9.17) is 0 Å². The second-order valence-electron chi connectivity index (χ2n) is 6.39. The van der Waals surface area contributed by atoms with Crippen LogP contribution in [0.1, 0.15) is 26.2 Å². The third-order valence-electron chi connectivity index (χ3n) is 4.15. The molecular weight excluding hydrogens is 290 g/mol. The van der Waals surface area contributed by atoms with Gasteiger partial charge in [0.2, 0.25) is 5.91 Å². The zero-order valence-electron chi connectivity index (χ0n) is 12.8. The number of nitrogens with zero attached hydrogens (tertiary/aromatic N) is 1. The van der Waals surface area contributed by atoms with E-state index in [9.17, 15) is 13.2 Å². The molecule has 21 heavy (non-hydrogen) atoms. The van der Waals surface area contributed by atoms with Crippen LogP contribution in [0.2, 0.25) is 0 Å². The monoisotopic (exact) mass is 317 g/mol. The van der Waals surface area contributed by atoms with Gasteiger partial charge in [0.15, 0.2) is 9.84 Å². The van der Waals surface area contributed by atoms with Gasteiger partial charge >= 0.3 is 0 Å². The lowest BCUT2D eigenvalue weighted by Crippen LogP contribution is -2.47. The summed E-state index contributed by atoms with van der Waals surface area (Å²) in [5, 5.41) is 6.03. The molecular formula is C14H27N3O3S. The molecule has 2 atom stereocenters. The van der Waals surface area contributed by atoms with E-state index in [-0.39, 0.29) is 29.9 Å². The highest BCUT2D eigenvalue weighted by Gasteiger charge is 2.26. The second-order valence-corrected chi connectivity index (χ2v) is 8.62. The molecule has 6 nitrogen and oxygen atoms in total. The number of nitrogens with one attached hydrogen (secondary N) is 2. The molecule has 0 aromatic carbocycles. The Morgan fingerprint density at radius 3 is 2.76 bits per heavy atom. The fraction of sp³-hybridized carbons (Fsp3) is 0.929. The lowest BCUT2D eigenvalue weighted by Gasteiger charge is -2.24. The number of hydrogen-bond acceptors (Lipinski definition) is 5. The van der Waals surface area contributed by atoms with E-state index in [1.807, 2.05) is 0 Å². The first-order chi connectivity index (χ1) is 9.94. The summed E-state index contributed by atoms with van der Waals surface area (Å²) >= 11 is 0. The van der Waals surface area contributed by atoms with Gasteiger partial charge in [-0.1, -0.05) is 6.92 Å². The van der Waals surface area contributed by atoms with Crippen LogP contribution in [0.15, 0.2) is 0 Å². The average molecular weight is 317 g/mol. The Bertz CT molecular complexity index is 446. The van der Waals surface area contributed by atoms with E-state index in [1.54, 1.807) is 0 Å². The molecule has 2 aliphatic heterocycles. The Hall–Kier alpha value is -0.660. The quantitative estimate of drug-likeness (QED) is 0.698. The number of amides is 1. The van der Waals surface area contributed by atoms with Crippen LogP contribution in [-0.4, -0.2) is 69.5 Å². The molecule has 0 radical (unpaired) electrons. The lowest BCUT2D eigenvalue weighted by atomic mass is 10.1. The van der Waals surface area contributed by atoms with E-state index in [0.29, 0.717) is 19.0 Å². The molecule has 1 amide bonds. The molecule has 2 saturated heterocycles. The van der Waals surface area contributed by atoms with Crippen molar-refractivity contribution in [3.63, 3.8) is 0 Å². The third-order valence-corrected chi connectivity index (χ3v) is 5.89. The standard InChI is InChI=1S/C14H27N3O3S/c1-12(10-17-5-2-3-6-17)9-16-14(18)8-13-11-21(19,20)7-4-15-13/h12-13,15H,2-11H2,1H3,(H,16,18). The zero-order chi connectivity index (χ0) is 15.3. The van der Waals surface area contributed by atoms with E-state index in [1.165, 1.54) is 25.9 Å². The van der Waals surface area contributed by atoms with Crippen molar-refractivity contribution in [1.82, 2.24) is 15.5 Å². The molecule has 0 spiro atoms. The molecule has 7 heteroatoms. The van der Waals surface area contributed by atoms with Gasteiger partial charge in [-0.2, -0.15) is 0 Å². The minimum Gasteiger partial charge on any atom is -0.356 e. The van der Waals surface area contributed by atoms with E-state index >= 15 is 0 Å². The van der Waals surface area contributed by atoms with Gasteiger partial charge in [-0.25, -0.2) is 8.42 Å². The Labute approximate surface area is 127 Å². The van der Waals surface area contributed by atoms with Crippen LogP contribution in [-0.2, 0) is 14.6 Å². The lowest BCUT2D eigenvalue weighted by molar-refractivity contribution is -0.121. The highest BCUT2D eigenvalue weighted by molar-refractivity contribution is 7.91. The van der Waals surface area contributed by atoms with Crippen LogP contribution in [0, 0.1) is 5.92 Å². The molecule has 122 valence electrons. The first-order valence-corrected chi connectivity index (χ1v) is 9.69. The van der Waals surface area contributed by atoms with Crippen molar-refractivity contribution >= 4 is 15.7 Å². The largest absolute Gasteiger partial charge is 0.356 e. The van der Waals surface area contributed by atoms with Crippen LogP contribution in [0.3, 0.4) is 0 Å². The van der Waals surface area contributed by atoms with Crippen molar-refractivity contribution in [1.29, 1.82) is 0 Å². The summed E-state index contributed by atoms with van der Waals surface area (Å²) in [4.78, 5) is 14.3. The Morgan fingerprint density at radius 1 is 1.38 bits per heavy atom. The summed E-state index contributed by atoms with van der Waals surface area (Å²) in [6.07, 6.45) is 2.80. The minimum absolute atomic E-state index is 0.0575. The molecule has 2 unspecified atom stereocenters. The van der Waals surface area contributed by atoms with Crippen LogP contribution in [0.4, 0.5) is 0 Å². The first-order valence-electron chi connectivity index (χ1n) is 7.87. The summed E-state index contributed by atoms with van der Waals surface area (Å²) in [6, 6.07) is -0.238. The zero-order valence-corrected chi connectivity index (χ0v) is 13.6. The molecule has 0 saturated carbocycles. The fourth-order valence-electron chi connectivity index (χ4n) is 3.05. The van der Waals surface area contributed by atoms with Crippen molar-refractivity contribution in [3.05, 3.63) is 0 Å². The third kappa shape index (κ3) is 5.92. The highest BCUT2D eigenvalue weighted by Crippen LogP contribution is 2.10. The highest BCUT2D eigenvalue weighted by atomic mass is 32.2. The van der Waals surface area contributed by atoms with Gasteiger partial charge in [0, 0.05) is 32.1 Å². The summed E-state index contributed by atoms with van der Waals surface area (Å²) < 4.78 is 23.0. The maximum absolute atomic E-state index is 11.9. The number of carbonyl (C=O) groups excluding carboxylic acids is 1. The van der Waals surface area contributed by atoms with Crippen LogP contribution in [0.5, 0.6) is 0 Å². The molecule has 2 heterocycles.